The number of hydrogen-bond acceptors (Lipinski definition) is 4. The highest BCUT2D eigenvalue weighted by molar-refractivity contribution is 5.91. The van der Waals surface area contributed by atoms with Gasteiger partial charge < -0.3 is 10.6 Å². The number of rotatable bonds is 6. The number of hydrogen-bond donors (Lipinski definition) is 2. The Morgan fingerprint density at radius 1 is 1.29 bits per heavy atom. The molecule has 5 nitrogen and oxygen atoms in total. The minimum atomic E-state index is -0.339. The van der Waals surface area contributed by atoms with Crippen LogP contribution in [0.3, 0.4) is 0 Å². The number of carbonyl (C=O) groups excluding carboxylic acids is 1. The zero-order valence-electron chi connectivity index (χ0n) is 11.8. The van der Waals surface area contributed by atoms with Gasteiger partial charge in [-0.05, 0) is 24.1 Å². The third kappa shape index (κ3) is 4.52. The van der Waals surface area contributed by atoms with Crippen LogP contribution in [0, 0.1) is 5.82 Å². The monoisotopic (exact) mass is 288 g/mol. The van der Waals surface area contributed by atoms with Gasteiger partial charge in [0.05, 0.1) is 12.4 Å². The lowest BCUT2D eigenvalue weighted by atomic mass is 10.2. The molecule has 0 aliphatic heterocycles. The van der Waals surface area contributed by atoms with Crippen LogP contribution in [-0.4, -0.2) is 22.4 Å². The van der Waals surface area contributed by atoms with Crippen molar-refractivity contribution in [3.8, 4) is 0 Å². The predicted octanol–water partition coefficient (Wildman–Crippen LogP) is 2.37. The lowest BCUT2D eigenvalue weighted by Crippen LogP contribution is -2.24. The van der Waals surface area contributed by atoms with Crippen LogP contribution in [0.4, 0.5) is 10.2 Å². The van der Waals surface area contributed by atoms with E-state index in [-0.39, 0.29) is 24.0 Å². The molecule has 6 heteroatoms. The Kier molecular flexibility index (Phi) is 5.20. The van der Waals surface area contributed by atoms with Crippen LogP contribution in [-0.2, 0) is 6.54 Å². The fourth-order valence-corrected chi connectivity index (χ4v) is 1.71. The lowest BCUT2D eigenvalue weighted by molar-refractivity contribution is 0.0945. The molecule has 2 aromatic rings. The summed E-state index contributed by atoms with van der Waals surface area (Å²) in [6.45, 7) is 3.10. The minimum absolute atomic E-state index is 0.230. The van der Waals surface area contributed by atoms with Crippen molar-refractivity contribution in [3.63, 3.8) is 0 Å². The Bertz CT molecular complexity index is 601. The van der Waals surface area contributed by atoms with Crippen molar-refractivity contribution in [3.05, 3.63) is 53.7 Å². The van der Waals surface area contributed by atoms with Crippen molar-refractivity contribution in [1.82, 2.24) is 15.3 Å². The van der Waals surface area contributed by atoms with E-state index in [0.717, 1.165) is 13.0 Å². The van der Waals surface area contributed by atoms with Crippen molar-refractivity contribution >= 4 is 11.7 Å². The van der Waals surface area contributed by atoms with Gasteiger partial charge >= 0.3 is 0 Å². The van der Waals surface area contributed by atoms with E-state index in [4.69, 9.17) is 0 Å². The maximum atomic E-state index is 13.0. The van der Waals surface area contributed by atoms with Crippen LogP contribution in [0.1, 0.15) is 29.4 Å². The number of anilines is 1. The van der Waals surface area contributed by atoms with Crippen LogP contribution >= 0.6 is 0 Å². The second kappa shape index (κ2) is 7.33. The molecule has 1 amide bonds. The molecule has 1 aromatic carbocycles. The molecule has 0 saturated heterocycles. The van der Waals surface area contributed by atoms with Crippen molar-refractivity contribution in [2.45, 2.75) is 19.9 Å². The zero-order chi connectivity index (χ0) is 15.1. The fraction of sp³-hybridized carbons (Fsp3) is 0.267. The van der Waals surface area contributed by atoms with Gasteiger partial charge in [0.1, 0.15) is 17.3 Å². The number of halogens is 1. The van der Waals surface area contributed by atoms with Gasteiger partial charge in [0, 0.05) is 13.1 Å². The Labute approximate surface area is 122 Å². The molecule has 0 aliphatic carbocycles. The first-order chi connectivity index (χ1) is 10.2. The molecule has 2 N–H and O–H groups in total. The van der Waals surface area contributed by atoms with E-state index in [1.54, 1.807) is 12.1 Å². The Morgan fingerprint density at radius 3 is 2.81 bits per heavy atom. The minimum Gasteiger partial charge on any atom is -0.369 e. The Hall–Kier alpha value is -2.50. The molecule has 21 heavy (non-hydrogen) atoms. The van der Waals surface area contributed by atoms with Crippen LogP contribution < -0.4 is 10.6 Å². The van der Waals surface area contributed by atoms with Crippen LogP contribution in [0.2, 0.25) is 0 Å². The van der Waals surface area contributed by atoms with E-state index < -0.39 is 0 Å². The summed E-state index contributed by atoms with van der Waals surface area (Å²) in [5.74, 6) is -0.0276. The molecule has 0 bridgehead atoms. The molecule has 0 radical (unpaired) electrons. The molecule has 0 spiro atoms. The second-order valence-corrected chi connectivity index (χ2v) is 4.53. The molecule has 1 aromatic heterocycles. The number of nitrogens with zero attached hydrogens (tertiary/aromatic N) is 2. The Balaban J connectivity index is 1.91. The third-order valence-electron chi connectivity index (χ3n) is 2.78. The van der Waals surface area contributed by atoms with Crippen LogP contribution in [0.15, 0.2) is 36.7 Å². The normalized spacial score (nSPS) is 10.2. The Morgan fingerprint density at radius 2 is 2.14 bits per heavy atom. The number of amides is 1. The van der Waals surface area contributed by atoms with E-state index in [9.17, 15) is 9.18 Å². The summed E-state index contributed by atoms with van der Waals surface area (Å²) in [7, 11) is 0. The first-order valence-electron chi connectivity index (χ1n) is 6.77. The molecular formula is C15H17FN4O. The summed E-state index contributed by atoms with van der Waals surface area (Å²) >= 11 is 0. The highest BCUT2D eigenvalue weighted by Crippen LogP contribution is 2.04. The molecule has 110 valence electrons. The van der Waals surface area contributed by atoms with Gasteiger partial charge in [-0.15, -0.1) is 0 Å². The van der Waals surface area contributed by atoms with Crippen molar-refractivity contribution in [2.24, 2.45) is 0 Å². The molecule has 1 heterocycles. The molecular weight excluding hydrogens is 271 g/mol. The predicted molar refractivity (Wildman–Crippen MR) is 78.4 cm³/mol. The third-order valence-corrected chi connectivity index (χ3v) is 2.78. The number of aromatic nitrogens is 2. The smallest absolute Gasteiger partial charge is 0.271 e. The SMILES string of the molecule is CCCNc1cnc(C(=O)NCc2cccc(F)c2)cn1. The van der Waals surface area contributed by atoms with Gasteiger partial charge in [0.2, 0.25) is 0 Å². The summed E-state index contributed by atoms with van der Waals surface area (Å²) in [6, 6.07) is 6.08. The maximum absolute atomic E-state index is 13.0. The quantitative estimate of drug-likeness (QED) is 0.856. The van der Waals surface area contributed by atoms with Gasteiger partial charge in [0.15, 0.2) is 0 Å². The van der Waals surface area contributed by atoms with E-state index in [1.807, 2.05) is 0 Å². The van der Waals surface area contributed by atoms with E-state index in [2.05, 4.69) is 27.5 Å². The summed E-state index contributed by atoms with van der Waals surface area (Å²) in [5.41, 5.74) is 0.922. The van der Waals surface area contributed by atoms with Gasteiger partial charge in [-0.25, -0.2) is 14.4 Å². The van der Waals surface area contributed by atoms with Crippen molar-refractivity contribution in [1.29, 1.82) is 0 Å². The number of carbonyl (C=O) groups is 1. The molecule has 0 unspecified atom stereocenters. The first kappa shape index (κ1) is 14.9. The fourth-order valence-electron chi connectivity index (χ4n) is 1.71. The number of benzene rings is 1. The van der Waals surface area contributed by atoms with E-state index in [1.165, 1.54) is 24.5 Å². The number of nitrogens with one attached hydrogen (secondary N) is 2. The molecule has 2 rings (SSSR count). The van der Waals surface area contributed by atoms with Crippen molar-refractivity contribution < 1.29 is 9.18 Å². The van der Waals surface area contributed by atoms with Crippen molar-refractivity contribution in [2.75, 3.05) is 11.9 Å². The maximum Gasteiger partial charge on any atom is 0.271 e. The van der Waals surface area contributed by atoms with E-state index in [0.29, 0.717) is 11.4 Å². The molecule has 0 fully saturated rings. The highest BCUT2D eigenvalue weighted by Gasteiger charge is 2.07. The topological polar surface area (TPSA) is 66.9 Å². The zero-order valence-corrected chi connectivity index (χ0v) is 11.8. The van der Waals surface area contributed by atoms with E-state index >= 15 is 0 Å². The van der Waals surface area contributed by atoms with Gasteiger partial charge in [0.25, 0.3) is 5.91 Å². The largest absolute Gasteiger partial charge is 0.369 e. The average Bonchev–Trinajstić information content (AvgIpc) is 2.51. The molecule has 0 atom stereocenters. The van der Waals surface area contributed by atoms with Crippen LogP contribution in [0.5, 0.6) is 0 Å². The summed E-state index contributed by atoms with van der Waals surface area (Å²) < 4.78 is 13.0. The van der Waals surface area contributed by atoms with Gasteiger partial charge in [-0.1, -0.05) is 19.1 Å². The summed E-state index contributed by atoms with van der Waals surface area (Å²) in [6.07, 6.45) is 3.92. The molecule has 0 aliphatic rings. The summed E-state index contributed by atoms with van der Waals surface area (Å²) in [5, 5.41) is 5.75. The lowest BCUT2D eigenvalue weighted by Gasteiger charge is -2.06. The van der Waals surface area contributed by atoms with Gasteiger partial charge in [-0.3, -0.25) is 4.79 Å². The van der Waals surface area contributed by atoms with Crippen LogP contribution in [0.25, 0.3) is 0 Å². The second-order valence-electron chi connectivity index (χ2n) is 4.53. The summed E-state index contributed by atoms with van der Waals surface area (Å²) in [4.78, 5) is 20.1. The molecule has 0 saturated carbocycles. The average molecular weight is 288 g/mol. The standard InChI is InChI=1S/C15H17FN4O/c1-2-6-17-14-10-18-13(9-19-14)15(21)20-8-11-4-3-5-12(16)7-11/h3-5,7,9-10H,2,6,8H2,1H3,(H,17,19)(H,20,21). The highest BCUT2D eigenvalue weighted by atomic mass is 19.1. The first-order valence-corrected chi connectivity index (χ1v) is 6.77. The van der Waals surface area contributed by atoms with Gasteiger partial charge in [-0.2, -0.15) is 0 Å².